The minimum atomic E-state index is 0.834. The van der Waals surface area contributed by atoms with Crippen molar-refractivity contribution in [2.45, 2.75) is 39.5 Å². The van der Waals surface area contributed by atoms with Crippen LogP contribution in [0.2, 0.25) is 0 Å². The summed E-state index contributed by atoms with van der Waals surface area (Å²) >= 11 is 0. The Morgan fingerprint density at radius 3 is 2.13 bits per heavy atom. The summed E-state index contributed by atoms with van der Waals surface area (Å²) in [6.07, 6.45) is 17.3. The molecule has 0 N–H and O–H groups in total. The highest BCUT2D eigenvalue weighted by molar-refractivity contribution is 6.17. The normalized spacial score (nSPS) is 14.1. The van der Waals surface area contributed by atoms with Crippen LogP contribution in [0.4, 0.5) is 0 Å². The molecule has 3 heterocycles. The molecule has 2 aliphatic rings. The lowest BCUT2D eigenvalue weighted by molar-refractivity contribution is 0.294. The van der Waals surface area contributed by atoms with Gasteiger partial charge in [-0.2, -0.15) is 0 Å². The molecular formula is C54H46N4O2. The molecular weight excluding hydrogens is 737 g/mol. The second kappa shape index (κ2) is 14.9. The lowest BCUT2D eigenvalue weighted by Crippen LogP contribution is -2.16. The molecule has 0 radical (unpaired) electrons. The summed E-state index contributed by atoms with van der Waals surface area (Å²) < 4.78 is 15.9. The average molecular weight is 783 g/mol. The van der Waals surface area contributed by atoms with Gasteiger partial charge in [0.1, 0.15) is 17.4 Å². The SMILES string of the molecule is C=C/C=C(\C=C(/C)OC)c1ccc2c(c1)c1cc3c4c(c1n2C(=C/C=C)/N=C\C)CCc1c-4c(cc2c4cc(-c5cccc(OC)c5)ccc4n(-c4ccccn4)c12)CC3. The summed E-state index contributed by atoms with van der Waals surface area (Å²) in [5, 5.41) is 4.94. The van der Waals surface area contributed by atoms with Crippen molar-refractivity contribution in [1.29, 1.82) is 0 Å². The Morgan fingerprint density at radius 1 is 0.717 bits per heavy atom. The lowest BCUT2D eigenvalue weighted by atomic mass is 9.74. The van der Waals surface area contributed by atoms with Crippen LogP contribution in [0, 0.1) is 0 Å². The lowest BCUT2D eigenvalue weighted by Gasteiger charge is -2.31. The standard InChI is InChI=1S/C54H46N4O2/c1-7-13-34(27-33(4)59-5)36-20-24-47-43(29-36)45-31-38-18-19-39-32-46-44-30-37(35-15-12-16-40(28-35)60-6)21-25-48(44)58(50-17-10-11-26-56-50)54(46)42-23-22-41(51(38)52(39)42)53(45)57(47)49(14-8-2)55-9-3/h7-17,20-21,24-32H,1-2,18-19,22-23H2,3-6H3/b33-27+,34-13+,49-14+,55-9-. The van der Waals surface area contributed by atoms with Gasteiger partial charge in [0.05, 0.1) is 42.0 Å². The quantitative estimate of drug-likeness (QED) is 0.0789. The van der Waals surface area contributed by atoms with Crippen LogP contribution in [0.3, 0.4) is 0 Å². The molecule has 0 amide bonds. The van der Waals surface area contributed by atoms with Crippen LogP contribution in [0.15, 0.2) is 151 Å². The van der Waals surface area contributed by atoms with E-state index in [1.54, 1.807) is 14.2 Å². The first-order valence-electron chi connectivity index (χ1n) is 20.7. The number of hydrogen-bond donors (Lipinski definition) is 0. The highest BCUT2D eigenvalue weighted by Crippen LogP contribution is 2.51. The van der Waals surface area contributed by atoms with E-state index in [-0.39, 0.29) is 0 Å². The monoisotopic (exact) mass is 782 g/mol. The molecule has 0 saturated heterocycles. The summed E-state index contributed by atoms with van der Waals surface area (Å²) in [4.78, 5) is 9.90. The fourth-order valence-electron chi connectivity index (χ4n) is 9.83. The first-order valence-corrected chi connectivity index (χ1v) is 20.7. The van der Waals surface area contributed by atoms with Crippen molar-refractivity contribution >= 4 is 61.2 Å². The fourth-order valence-corrected chi connectivity index (χ4v) is 9.83. The van der Waals surface area contributed by atoms with Crippen LogP contribution in [-0.4, -0.2) is 34.6 Å². The smallest absolute Gasteiger partial charge is 0.137 e. The highest BCUT2D eigenvalue weighted by Gasteiger charge is 2.33. The van der Waals surface area contributed by atoms with Gasteiger partial charge in [0.15, 0.2) is 0 Å². The second-order valence-corrected chi connectivity index (χ2v) is 15.6. The molecule has 0 atom stereocenters. The molecule has 8 aromatic rings. The van der Waals surface area contributed by atoms with Crippen molar-refractivity contribution in [3.8, 4) is 33.8 Å². The van der Waals surface area contributed by atoms with Crippen LogP contribution in [-0.2, 0) is 30.4 Å². The topological polar surface area (TPSA) is 53.6 Å². The third-order valence-corrected chi connectivity index (χ3v) is 12.4. The maximum atomic E-state index is 5.61. The van der Waals surface area contributed by atoms with E-state index in [0.717, 1.165) is 82.1 Å². The van der Waals surface area contributed by atoms with E-state index in [1.165, 1.54) is 66.0 Å². The van der Waals surface area contributed by atoms with Gasteiger partial charge in [-0.15, -0.1) is 0 Å². The molecule has 0 fully saturated rings. The third-order valence-electron chi connectivity index (χ3n) is 12.4. The number of allylic oxidation sites excluding steroid dienone is 7. The predicted molar refractivity (Wildman–Crippen MR) is 251 cm³/mol. The molecule has 0 aliphatic heterocycles. The van der Waals surface area contributed by atoms with Crippen LogP contribution < -0.4 is 4.74 Å². The molecule has 6 heteroatoms. The van der Waals surface area contributed by atoms with Gasteiger partial charge in [-0.05, 0) is 168 Å². The van der Waals surface area contributed by atoms with E-state index in [9.17, 15) is 0 Å². The van der Waals surface area contributed by atoms with Crippen LogP contribution in [0.5, 0.6) is 5.75 Å². The number of hydrogen-bond acceptors (Lipinski definition) is 4. The third kappa shape index (κ3) is 5.77. The van der Waals surface area contributed by atoms with Crippen molar-refractivity contribution in [1.82, 2.24) is 14.1 Å². The minimum absolute atomic E-state index is 0.834. The van der Waals surface area contributed by atoms with Crippen LogP contribution >= 0.6 is 0 Å². The number of aryl methyl sites for hydroxylation is 4. The molecule has 0 saturated carbocycles. The number of ether oxygens (including phenoxy) is 2. The number of pyridine rings is 1. The van der Waals surface area contributed by atoms with Crippen molar-refractivity contribution in [2.24, 2.45) is 4.99 Å². The van der Waals surface area contributed by atoms with E-state index >= 15 is 0 Å². The number of fused-ring (bicyclic) bond motifs is 8. The van der Waals surface area contributed by atoms with Crippen molar-refractivity contribution < 1.29 is 9.47 Å². The Hall–Kier alpha value is -7.18. The molecule has 0 bridgehead atoms. The zero-order valence-electron chi connectivity index (χ0n) is 34.5. The number of aliphatic imine (C=N–C) groups is 1. The fraction of sp³-hybridized carbons (Fsp3) is 0.148. The highest BCUT2D eigenvalue weighted by atomic mass is 16.5. The Labute approximate surface area is 350 Å². The summed E-state index contributed by atoms with van der Waals surface area (Å²) in [6, 6.07) is 33.1. The molecule has 10 rings (SSSR count). The summed E-state index contributed by atoms with van der Waals surface area (Å²) in [5.41, 5.74) is 17.5. The van der Waals surface area contributed by atoms with Crippen LogP contribution in [0.25, 0.3) is 83.1 Å². The van der Waals surface area contributed by atoms with Gasteiger partial charge >= 0.3 is 0 Å². The van der Waals surface area contributed by atoms with Gasteiger partial charge in [-0.1, -0.05) is 61.7 Å². The van der Waals surface area contributed by atoms with Crippen molar-refractivity contribution in [2.75, 3.05) is 14.2 Å². The van der Waals surface area contributed by atoms with Gasteiger partial charge in [0.2, 0.25) is 0 Å². The largest absolute Gasteiger partial charge is 0.501 e. The van der Waals surface area contributed by atoms with E-state index in [4.69, 9.17) is 19.5 Å². The Kier molecular flexibility index (Phi) is 9.21. The molecule has 3 aromatic heterocycles. The number of methoxy groups -OCH3 is 2. The van der Waals surface area contributed by atoms with E-state index in [2.05, 4.69) is 107 Å². The summed E-state index contributed by atoms with van der Waals surface area (Å²) in [7, 11) is 3.43. The van der Waals surface area contributed by atoms with E-state index < -0.39 is 0 Å². The number of nitrogens with zero attached hydrogens (tertiary/aromatic N) is 4. The van der Waals surface area contributed by atoms with Crippen molar-refractivity contribution in [3.63, 3.8) is 0 Å². The zero-order chi connectivity index (χ0) is 41.1. The zero-order valence-corrected chi connectivity index (χ0v) is 34.5. The van der Waals surface area contributed by atoms with Crippen molar-refractivity contribution in [3.05, 3.63) is 174 Å². The van der Waals surface area contributed by atoms with E-state index in [0.29, 0.717) is 0 Å². The van der Waals surface area contributed by atoms with Crippen LogP contribution in [0.1, 0.15) is 41.7 Å². The number of rotatable bonds is 10. The molecule has 6 nitrogen and oxygen atoms in total. The van der Waals surface area contributed by atoms with Gasteiger partial charge < -0.3 is 9.47 Å². The van der Waals surface area contributed by atoms with Gasteiger partial charge in [-0.25, -0.2) is 9.98 Å². The number of benzene rings is 5. The maximum Gasteiger partial charge on any atom is 0.137 e. The van der Waals surface area contributed by atoms with Gasteiger partial charge in [-0.3, -0.25) is 9.13 Å². The van der Waals surface area contributed by atoms with Gasteiger partial charge in [0, 0.05) is 34.0 Å². The Bertz CT molecular complexity index is 3220. The Morgan fingerprint density at radius 2 is 1.43 bits per heavy atom. The predicted octanol–water partition coefficient (Wildman–Crippen LogP) is 13.0. The summed E-state index contributed by atoms with van der Waals surface area (Å²) in [6.45, 7) is 12.1. The molecule has 294 valence electrons. The average Bonchev–Trinajstić information content (AvgIpc) is 3.79. The molecule has 5 aromatic carbocycles. The minimum Gasteiger partial charge on any atom is -0.501 e. The molecule has 60 heavy (non-hydrogen) atoms. The van der Waals surface area contributed by atoms with E-state index in [1.807, 2.05) is 62.7 Å². The first-order chi connectivity index (χ1) is 29.5. The molecule has 2 aliphatic carbocycles. The first kappa shape index (κ1) is 37.1. The Balaban J connectivity index is 1.28. The second-order valence-electron chi connectivity index (χ2n) is 15.6. The maximum absolute atomic E-state index is 5.61. The molecule has 0 unspecified atom stereocenters. The molecule has 0 spiro atoms. The van der Waals surface area contributed by atoms with Gasteiger partial charge in [0.25, 0.3) is 0 Å². The summed E-state index contributed by atoms with van der Waals surface area (Å²) in [5.74, 6) is 3.45. The number of aromatic nitrogens is 3.